The quantitative estimate of drug-likeness (QED) is 0.718. The Balaban J connectivity index is 1.52. The van der Waals surface area contributed by atoms with Gasteiger partial charge in [-0.2, -0.15) is 0 Å². The van der Waals surface area contributed by atoms with E-state index in [1.165, 1.54) is 12.8 Å². The molecule has 0 spiro atoms. The molecule has 0 aromatic heterocycles. The summed E-state index contributed by atoms with van der Waals surface area (Å²) in [6.45, 7) is 6.91. The topological polar surface area (TPSA) is 49.4 Å². The van der Waals surface area contributed by atoms with E-state index in [1.54, 1.807) is 4.90 Å². The minimum absolute atomic E-state index is 0.00355. The molecule has 0 radical (unpaired) electrons. The molecule has 0 bridgehead atoms. The van der Waals surface area contributed by atoms with Crippen LogP contribution in [0.3, 0.4) is 0 Å². The predicted molar refractivity (Wildman–Crippen MR) is 108 cm³/mol. The van der Waals surface area contributed by atoms with Crippen LogP contribution in [-0.4, -0.2) is 35.8 Å². The van der Waals surface area contributed by atoms with Crippen LogP contribution < -0.4 is 5.32 Å². The van der Waals surface area contributed by atoms with Gasteiger partial charge in [-0.1, -0.05) is 25.8 Å². The second-order valence-corrected chi connectivity index (χ2v) is 8.34. The summed E-state index contributed by atoms with van der Waals surface area (Å²) in [4.78, 5) is 26.8. The molecule has 1 aromatic carbocycles. The molecule has 1 heterocycles. The minimum Gasteiger partial charge on any atom is -0.349 e. The molecule has 4 nitrogen and oxygen atoms in total. The number of hydrogen-bond donors (Lipinski definition) is 1. The van der Waals surface area contributed by atoms with Crippen LogP contribution >= 0.6 is 0 Å². The molecule has 2 amide bonds. The molecule has 1 N–H and O–H groups in total. The van der Waals surface area contributed by atoms with Gasteiger partial charge in [0.2, 0.25) is 5.91 Å². The number of piperidine rings is 1. The zero-order chi connectivity index (χ0) is 21.0. The lowest BCUT2D eigenvalue weighted by Crippen LogP contribution is -2.46. The number of carbonyl (C=O) groups excluding carboxylic acids is 2. The Labute approximate surface area is 171 Å². The number of benzene rings is 1. The van der Waals surface area contributed by atoms with Crippen molar-refractivity contribution in [3.05, 3.63) is 48.1 Å². The van der Waals surface area contributed by atoms with Gasteiger partial charge in [-0.15, -0.1) is 6.58 Å². The largest absolute Gasteiger partial charge is 0.349 e. The van der Waals surface area contributed by atoms with Gasteiger partial charge < -0.3 is 10.2 Å². The Hall–Kier alpha value is -2.24. The van der Waals surface area contributed by atoms with Crippen LogP contribution in [-0.2, 0) is 4.79 Å². The smallest absolute Gasteiger partial charge is 0.254 e. The fourth-order valence-electron chi connectivity index (χ4n) is 4.67. The molecule has 1 saturated heterocycles. The molecule has 2 fully saturated rings. The van der Waals surface area contributed by atoms with Crippen LogP contribution in [0.15, 0.2) is 30.9 Å². The Morgan fingerprint density at radius 2 is 1.83 bits per heavy atom. The highest BCUT2D eigenvalue weighted by Gasteiger charge is 2.33. The number of amides is 2. The molecule has 3 atom stereocenters. The lowest BCUT2D eigenvalue weighted by molar-refractivity contribution is -0.127. The van der Waals surface area contributed by atoms with Crippen molar-refractivity contribution in [2.75, 3.05) is 13.1 Å². The molecule has 2 aliphatic rings. The van der Waals surface area contributed by atoms with Crippen molar-refractivity contribution in [2.45, 2.75) is 51.5 Å². The Morgan fingerprint density at radius 3 is 2.38 bits per heavy atom. The van der Waals surface area contributed by atoms with Gasteiger partial charge in [-0.3, -0.25) is 9.59 Å². The Kier molecular flexibility index (Phi) is 7.04. The van der Waals surface area contributed by atoms with E-state index in [0.29, 0.717) is 31.8 Å². The molecule has 1 aromatic rings. The van der Waals surface area contributed by atoms with Crippen molar-refractivity contribution in [2.24, 2.45) is 17.8 Å². The zero-order valence-corrected chi connectivity index (χ0v) is 17.0. The van der Waals surface area contributed by atoms with E-state index >= 15 is 0 Å². The van der Waals surface area contributed by atoms with Gasteiger partial charge in [-0.25, -0.2) is 8.78 Å². The van der Waals surface area contributed by atoms with Crippen LogP contribution in [0, 0.1) is 29.4 Å². The van der Waals surface area contributed by atoms with Gasteiger partial charge >= 0.3 is 0 Å². The van der Waals surface area contributed by atoms with Crippen LogP contribution in [0.1, 0.15) is 55.8 Å². The summed E-state index contributed by atoms with van der Waals surface area (Å²) in [5, 5.41) is 3.15. The Morgan fingerprint density at radius 1 is 1.17 bits per heavy atom. The van der Waals surface area contributed by atoms with Crippen molar-refractivity contribution in [3.8, 4) is 0 Å². The van der Waals surface area contributed by atoms with Crippen molar-refractivity contribution < 1.29 is 18.4 Å². The van der Waals surface area contributed by atoms with E-state index in [1.807, 2.05) is 6.08 Å². The summed E-state index contributed by atoms with van der Waals surface area (Å²) in [6.07, 6.45) is 7.57. The summed E-state index contributed by atoms with van der Waals surface area (Å²) in [5.41, 5.74) is 0.00355. The van der Waals surface area contributed by atoms with Crippen molar-refractivity contribution in [1.82, 2.24) is 10.2 Å². The maximum atomic E-state index is 13.4. The zero-order valence-electron chi connectivity index (χ0n) is 17.0. The lowest BCUT2D eigenvalue weighted by Gasteiger charge is -2.32. The van der Waals surface area contributed by atoms with E-state index in [0.717, 1.165) is 37.0 Å². The van der Waals surface area contributed by atoms with Crippen molar-refractivity contribution in [3.63, 3.8) is 0 Å². The average molecular weight is 405 g/mol. The molecule has 3 rings (SSSR count). The standard InChI is InChI=1S/C23H30F2N2O2/c1-3-15-5-6-17(11-15)21(4-2)26-22(28)16-7-9-27(10-8-16)23(29)18-12-19(24)14-20(25)13-18/h4,12-17,21H,2-3,5-11H2,1H3,(H,26,28). The van der Waals surface area contributed by atoms with Gasteiger partial charge in [0.25, 0.3) is 5.91 Å². The normalized spacial score (nSPS) is 23.6. The third kappa shape index (κ3) is 5.22. The highest BCUT2D eigenvalue weighted by molar-refractivity contribution is 5.94. The summed E-state index contributed by atoms with van der Waals surface area (Å²) in [7, 11) is 0. The first-order chi connectivity index (χ1) is 13.9. The first-order valence-corrected chi connectivity index (χ1v) is 10.6. The van der Waals surface area contributed by atoms with Gasteiger partial charge in [0, 0.05) is 36.7 Å². The Bertz CT molecular complexity index is 739. The number of halogens is 2. The summed E-state index contributed by atoms with van der Waals surface area (Å²) in [6, 6.07) is 2.83. The molecule has 1 saturated carbocycles. The first-order valence-electron chi connectivity index (χ1n) is 10.6. The second-order valence-electron chi connectivity index (χ2n) is 8.34. The molecule has 6 heteroatoms. The van der Waals surface area contributed by atoms with E-state index in [9.17, 15) is 18.4 Å². The number of likely N-dealkylation sites (tertiary alicyclic amines) is 1. The molecule has 1 aliphatic carbocycles. The fraction of sp³-hybridized carbons (Fsp3) is 0.565. The molecular weight excluding hydrogens is 374 g/mol. The SMILES string of the molecule is C=CC(NC(=O)C1CCN(C(=O)c2cc(F)cc(F)c2)CC1)C1CCC(CC)C1. The maximum Gasteiger partial charge on any atom is 0.254 e. The lowest BCUT2D eigenvalue weighted by atomic mass is 9.92. The number of hydrogen-bond acceptors (Lipinski definition) is 2. The third-order valence-electron chi connectivity index (χ3n) is 6.49. The number of carbonyl (C=O) groups is 2. The van der Waals surface area contributed by atoms with Crippen molar-refractivity contribution >= 4 is 11.8 Å². The van der Waals surface area contributed by atoms with Crippen LogP contribution in [0.5, 0.6) is 0 Å². The highest BCUT2D eigenvalue weighted by atomic mass is 19.1. The average Bonchev–Trinajstić information content (AvgIpc) is 3.19. The summed E-state index contributed by atoms with van der Waals surface area (Å²) < 4.78 is 26.8. The number of nitrogens with one attached hydrogen (secondary N) is 1. The van der Waals surface area contributed by atoms with Gasteiger partial charge in [-0.05, 0) is 49.7 Å². The van der Waals surface area contributed by atoms with E-state index in [-0.39, 0.29) is 23.4 Å². The predicted octanol–water partition coefficient (Wildman–Crippen LogP) is 4.31. The molecule has 158 valence electrons. The summed E-state index contributed by atoms with van der Waals surface area (Å²) in [5.74, 6) is -0.895. The first kappa shape index (κ1) is 21.5. The van der Waals surface area contributed by atoms with Crippen LogP contribution in [0.25, 0.3) is 0 Å². The second kappa shape index (κ2) is 9.51. The van der Waals surface area contributed by atoms with Gasteiger partial charge in [0.1, 0.15) is 11.6 Å². The van der Waals surface area contributed by atoms with E-state index < -0.39 is 17.5 Å². The molecule has 29 heavy (non-hydrogen) atoms. The fourth-order valence-corrected chi connectivity index (χ4v) is 4.67. The van der Waals surface area contributed by atoms with Gasteiger partial charge in [0.05, 0.1) is 0 Å². The van der Waals surface area contributed by atoms with Crippen LogP contribution in [0.4, 0.5) is 8.78 Å². The molecule has 1 aliphatic heterocycles. The number of rotatable bonds is 6. The summed E-state index contributed by atoms with van der Waals surface area (Å²) >= 11 is 0. The third-order valence-corrected chi connectivity index (χ3v) is 6.49. The van der Waals surface area contributed by atoms with E-state index in [4.69, 9.17) is 0 Å². The minimum atomic E-state index is -0.768. The molecule has 3 unspecified atom stereocenters. The highest BCUT2D eigenvalue weighted by Crippen LogP contribution is 2.35. The molecular formula is C23H30F2N2O2. The van der Waals surface area contributed by atoms with Crippen LogP contribution in [0.2, 0.25) is 0 Å². The monoisotopic (exact) mass is 404 g/mol. The number of nitrogens with zero attached hydrogens (tertiary/aromatic N) is 1. The van der Waals surface area contributed by atoms with Crippen molar-refractivity contribution in [1.29, 1.82) is 0 Å². The maximum absolute atomic E-state index is 13.4. The van der Waals surface area contributed by atoms with Gasteiger partial charge in [0.15, 0.2) is 0 Å². The van der Waals surface area contributed by atoms with E-state index in [2.05, 4.69) is 18.8 Å².